The summed E-state index contributed by atoms with van der Waals surface area (Å²) >= 11 is -0.841. The molecule has 0 fully saturated rings. The van der Waals surface area contributed by atoms with Crippen LogP contribution in [0.5, 0.6) is 0 Å². The molecule has 0 unspecified atom stereocenters. The van der Waals surface area contributed by atoms with Crippen LogP contribution in [-0.2, 0) is 28.6 Å². The molecule has 156 valence electrons. The van der Waals surface area contributed by atoms with Gasteiger partial charge in [-0.15, -0.1) is 0 Å². The Bertz CT molecular complexity index is 1110. The Morgan fingerprint density at radius 3 is 1.81 bits per heavy atom. The fourth-order valence-electron chi connectivity index (χ4n) is 4.75. The van der Waals surface area contributed by atoms with E-state index in [1.165, 1.54) is 27.8 Å². The minimum atomic E-state index is -0.841. The van der Waals surface area contributed by atoms with Crippen LogP contribution in [0.4, 0.5) is 0 Å². The number of benzene rings is 3. The average Bonchev–Trinajstić information content (AvgIpc) is 3.31. The summed E-state index contributed by atoms with van der Waals surface area (Å²) < 4.78 is 2.36. The second-order valence-electron chi connectivity index (χ2n) is 9.05. The molecule has 0 nitrogen and oxygen atoms in total. The predicted molar refractivity (Wildman–Crippen MR) is 120 cm³/mol. The van der Waals surface area contributed by atoms with Crippen molar-refractivity contribution in [1.29, 1.82) is 0 Å². The summed E-state index contributed by atoms with van der Waals surface area (Å²) in [6.45, 7) is 6.98. The molecule has 0 aromatic heterocycles. The molecule has 0 spiro atoms. The van der Waals surface area contributed by atoms with Crippen molar-refractivity contribution in [2.24, 2.45) is 0 Å². The molecule has 0 saturated heterocycles. The molecular weight excluding hydrogens is 498 g/mol. The van der Waals surface area contributed by atoms with E-state index in [0.29, 0.717) is 3.63 Å². The Balaban J connectivity index is 0.00000136. The Kier molecular flexibility index (Phi) is 7.52. The first kappa shape index (κ1) is 24.2. The van der Waals surface area contributed by atoms with Crippen LogP contribution in [0, 0.1) is 0 Å². The topological polar surface area (TPSA) is 0 Å². The van der Waals surface area contributed by atoms with Crippen molar-refractivity contribution in [2.45, 2.75) is 36.2 Å². The number of allylic oxidation sites excluding steroid dienone is 4. The van der Waals surface area contributed by atoms with Gasteiger partial charge in [0.2, 0.25) is 0 Å². The Hall–Kier alpha value is -1.40. The molecule has 0 atom stereocenters. The van der Waals surface area contributed by atoms with E-state index in [9.17, 15) is 0 Å². The molecule has 3 aromatic carbocycles. The molecule has 3 heteroatoms. The van der Waals surface area contributed by atoms with Gasteiger partial charge in [0.25, 0.3) is 0 Å². The number of hydrogen-bond acceptors (Lipinski definition) is 0. The molecule has 3 aromatic rings. The van der Waals surface area contributed by atoms with Crippen LogP contribution in [0.1, 0.15) is 53.1 Å². The quantitative estimate of drug-likeness (QED) is 0.488. The molecule has 0 N–H and O–H groups in total. The first-order valence-corrected chi connectivity index (χ1v) is 13.1. The standard InChI is InChI=1S/C15H17.C13H9.2ClH.Zr/c1-15(2,3)14-11-7-6-10-13(14)12-8-4-5-9-12;1-3-7-12-10(5-1)9-11-6-2-4-8-13(11)12;;;/h4,6-8,10-11H,5H2,1-3H3;1-9H;2*1H;/q;;;;+2/p-2. The SMILES string of the molecule is CC(C)(C)c1ccccc1C1=[C]([Zr+2][CH]2c3ccccc3-c3ccccc32)CC=C1.[Cl-].[Cl-]. The van der Waals surface area contributed by atoms with E-state index in [2.05, 4.69) is 106 Å². The summed E-state index contributed by atoms with van der Waals surface area (Å²) in [5.74, 6) is 0. The van der Waals surface area contributed by atoms with E-state index in [1.807, 2.05) is 0 Å². The zero-order valence-electron chi connectivity index (χ0n) is 18.1. The molecule has 5 rings (SSSR count). The molecule has 2 aliphatic rings. The fraction of sp³-hybridized carbons (Fsp3) is 0.214. The van der Waals surface area contributed by atoms with Crippen LogP contribution in [0.3, 0.4) is 0 Å². The second-order valence-corrected chi connectivity index (χ2v) is 12.7. The summed E-state index contributed by atoms with van der Waals surface area (Å²) in [4.78, 5) is 0. The maximum absolute atomic E-state index is 2.40. The third-order valence-corrected chi connectivity index (χ3v) is 10.4. The van der Waals surface area contributed by atoms with Crippen LogP contribution in [0.15, 0.2) is 88.2 Å². The van der Waals surface area contributed by atoms with Gasteiger partial charge in [-0.25, -0.2) is 0 Å². The summed E-state index contributed by atoms with van der Waals surface area (Å²) in [6.07, 6.45) is 5.92. The molecule has 31 heavy (non-hydrogen) atoms. The summed E-state index contributed by atoms with van der Waals surface area (Å²) in [7, 11) is 0. The molecule has 0 radical (unpaired) electrons. The second kappa shape index (κ2) is 9.62. The number of fused-ring (bicyclic) bond motifs is 3. The van der Waals surface area contributed by atoms with Gasteiger partial charge < -0.3 is 24.8 Å². The number of rotatable bonds is 3. The Labute approximate surface area is 210 Å². The molecule has 0 amide bonds. The van der Waals surface area contributed by atoms with E-state index >= 15 is 0 Å². The van der Waals surface area contributed by atoms with Gasteiger partial charge in [-0.1, -0.05) is 0 Å². The van der Waals surface area contributed by atoms with Crippen molar-refractivity contribution in [2.75, 3.05) is 0 Å². The smallest absolute Gasteiger partial charge is 1.00 e. The molecule has 0 heterocycles. The summed E-state index contributed by atoms with van der Waals surface area (Å²) in [5, 5.41) is 0. The van der Waals surface area contributed by atoms with E-state index in [1.54, 1.807) is 14.4 Å². The van der Waals surface area contributed by atoms with E-state index in [-0.39, 0.29) is 30.2 Å². The number of halogens is 2. The van der Waals surface area contributed by atoms with Crippen LogP contribution >= 0.6 is 0 Å². The van der Waals surface area contributed by atoms with Crippen molar-refractivity contribution < 1.29 is 48.0 Å². The third kappa shape index (κ3) is 4.43. The molecule has 0 aliphatic heterocycles. The first-order chi connectivity index (χ1) is 14.0. The number of hydrogen-bond donors (Lipinski definition) is 0. The van der Waals surface area contributed by atoms with Crippen LogP contribution in [0.25, 0.3) is 16.7 Å². The average molecular weight is 525 g/mol. The zero-order valence-corrected chi connectivity index (χ0v) is 22.1. The van der Waals surface area contributed by atoms with Crippen molar-refractivity contribution in [1.82, 2.24) is 0 Å². The van der Waals surface area contributed by atoms with Crippen LogP contribution in [0.2, 0.25) is 0 Å². The van der Waals surface area contributed by atoms with E-state index in [0.717, 1.165) is 6.42 Å². The molecular formula is C28H26Cl2Zr. The van der Waals surface area contributed by atoms with Gasteiger partial charge in [0.1, 0.15) is 0 Å². The monoisotopic (exact) mass is 522 g/mol. The molecule has 0 bridgehead atoms. The van der Waals surface area contributed by atoms with Gasteiger partial charge in [0.15, 0.2) is 0 Å². The first-order valence-electron chi connectivity index (χ1n) is 10.5. The van der Waals surface area contributed by atoms with Gasteiger partial charge in [-0.2, -0.15) is 0 Å². The minimum Gasteiger partial charge on any atom is -1.00 e. The normalized spacial score (nSPS) is 14.4. The van der Waals surface area contributed by atoms with Crippen LogP contribution < -0.4 is 24.8 Å². The van der Waals surface area contributed by atoms with Gasteiger partial charge in [0, 0.05) is 0 Å². The van der Waals surface area contributed by atoms with Gasteiger partial charge in [0.05, 0.1) is 0 Å². The zero-order chi connectivity index (χ0) is 20.0. The molecule has 0 saturated carbocycles. The maximum Gasteiger partial charge on any atom is -1.00 e. The van der Waals surface area contributed by atoms with Crippen molar-refractivity contribution >= 4 is 5.57 Å². The molecule has 2 aliphatic carbocycles. The van der Waals surface area contributed by atoms with Gasteiger partial charge in [-0.05, 0) is 0 Å². The summed E-state index contributed by atoms with van der Waals surface area (Å²) in [6, 6.07) is 27.2. The van der Waals surface area contributed by atoms with Gasteiger partial charge >= 0.3 is 187 Å². The maximum atomic E-state index is 2.40. The van der Waals surface area contributed by atoms with Crippen molar-refractivity contribution in [3.05, 3.63) is 110 Å². The third-order valence-electron chi connectivity index (χ3n) is 6.11. The Morgan fingerprint density at radius 1 is 0.710 bits per heavy atom. The van der Waals surface area contributed by atoms with E-state index in [4.69, 9.17) is 0 Å². The minimum absolute atomic E-state index is 0. The van der Waals surface area contributed by atoms with Crippen molar-refractivity contribution in [3.63, 3.8) is 0 Å². The Morgan fingerprint density at radius 2 is 1.23 bits per heavy atom. The fourth-order valence-corrected chi connectivity index (χ4v) is 9.11. The predicted octanol–water partition coefficient (Wildman–Crippen LogP) is 1.52. The van der Waals surface area contributed by atoms with Gasteiger partial charge in [-0.3, -0.25) is 0 Å². The van der Waals surface area contributed by atoms with Crippen LogP contribution in [-0.4, -0.2) is 0 Å². The largest absolute Gasteiger partial charge is 1.00 e. The van der Waals surface area contributed by atoms with Crippen molar-refractivity contribution in [3.8, 4) is 11.1 Å². The summed E-state index contributed by atoms with van der Waals surface area (Å²) in [5.41, 5.74) is 10.6. The van der Waals surface area contributed by atoms with E-state index < -0.39 is 23.2 Å².